The summed E-state index contributed by atoms with van der Waals surface area (Å²) in [7, 11) is 2.03. The van der Waals surface area contributed by atoms with Crippen molar-refractivity contribution in [2.24, 2.45) is 17.8 Å². The van der Waals surface area contributed by atoms with Crippen LogP contribution in [0, 0.1) is 0 Å². The molecule has 1 fully saturated rings. The zero-order valence-electron chi connectivity index (χ0n) is 11.2. The van der Waals surface area contributed by atoms with E-state index in [-0.39, 0.29) is 0 Å². The Kier molecular flexibility index (Phi) is 4.67. The molecule has 1 aromatic rings. The molecule has 1 saturated carbocycles. The Morgan fingerprint density at radius 1 is 1.39 bits per heavy atom. The molecule has 1 aliphatic carbocycles. The minimum absolute atomic E-state index is 0.518. The molecule has 0 aromatic carbocycles. The summed E-state index contributed by atoms with van der Waals surface area (Å²) < 4.78 is 2.07. The van der Waals surface area contributed by atoms with Crippen molar-refractivity contribution in [1.82, 2.24) is 9.88 Å². The summed E-state index contributed by atoms with van der Waals surface area (Å²) >= 11 is 0. The summed E-state index contributed by atoms with van der Waals surface area (Å²) in [4.78, 5) is 4.41. The van der Waals surface area contributed by atoms with Crippen molar-refractivity contribution in [3.8, 4) is 0 Å². The third-order valence-electron chi connectivity index (χ3n) is 3.67. The molecule has 3 N–H and O–H groups in total. The molecule has 0 aliphatic heterocycles. The molecule has 1 aliphatic rings. The topological polar surface area (TPSA) is 55.3 Å². The van der Waals surface area contributed by atoms with Gasteiger partial charge in [0.2, 0.25) is 0 Å². The molecular formula is C14H24N4. The Labute approximate surface area is 109 Å². The van der Waals surface area contributed by atoms with Crippen LogP contribution in [0.25, 0.3) is 0 Å². The van der Waals surface area contributed by atoms with Crippen LogP contribution in [-0.4, -0.2) is 16.6 Å². The van der Waals surface area contributed by atoms with E-state index in [1.165, 1.54) is 44.2 Å². The highest BCUT2D eigenvalue weighted by Gasteiger charge is 2.12. The van der Waals surface area contributed by atoms with Crippen LogP contribution in [0.5, 0.6) is 0 Å². The first-order valence-electron chi connectivity index (χ1n) is 6.92. The summed E-state index contributed by atoms with van der Waals surface area (Å²) in [6.45, 7) is 0.648. The molecule has 100 valence electrons. The van der Waals surface area contributed by atoms with E-state index < -0.39 is 0 Å². The van der Waals surface area contributed by atoms with E-state index in [0.717, 1.165) is 0 Å². The van der Waals surface area contributed by atoms with Crippen molar-refractivity contribution in [1.29, 1.82) is 0 Å². The number of aromatic nitrogens is 1. The number of aliphatic imine (C=N–C) groups is 1. The maximum Gasteiger partial charge on any atom is 0.189 e. The number of rotatable bonds is 3. The first kappa shape index (κ1) is 13.0. The molecule has 0 atom stereocenters. The standard InChI is InChI=1S/C14H24N4/c1-18-10-6-9-13(18)11-16-14(15)17-12-7-4-2-3-5-8-12/h6,9-10,12H,2-5,7-8,11H2,1H3,(H3,15,16,17). The molecule has 1 aromatic heterocycles. The SMILES string of the molecule is Cn1cccc1CN=C(N)NC1CCCCCC1. The van der Waals surface area contributed by atoms with E-state index in [1.54, 1.807) is 0 Å². The zero-order chi connectivity index (χ0) is 12.8. The van der Waals surface area contributed by atoms with E-state index in [9.17, 15) is 0 Å². The predicted octanol–water partition coefficient (Wildman–Crippen LogP) is 2.15. The van der Waals surface area contributed by atoms with Gasteiger partial charge in [0, 0.05) is 25.0 Å². The number of nitrogens with zero attached hydrogens (tertiary/aromatic N) is 2. The third kappa shape index (κ3) is 3.79. The molecule has 0 saturated heterocycles. The molecule has 0 unspecified atom stereocenters. The summed E-state index contributed by atoms with van der Waals surface area (Å²) in [5, 5.41) is 3.36. The Hall–Kier alpha value is -1.45. The lowest BCUT2D eigenvalue weighted by molar-refractivity contribution is 0.530. The van der Waals surface area contributed by atoms with Gasteiger partial charge in [-0.15, -0.1) is 0 Å². The van der Waals surface area contributed by atoms with Gasteiger partial charge in [0.05, 0.1) is 6.54 Å². The van der Waals surface area contributed by atoms with Gasteiger partial charge in [-0.1, -0.05) is 25.7 Å². The quantitative estimate of drug-likeness (QED) is 0.489. The van der Waals surface area contributed by atoms with Crippen molar-refractivity contribution in [3.05, 3.63) is 24.0 Å². The van der Waals surface area contributed by atoms with Crippen molar-refractivity contribution < 1.29 is 0 Å². The number of aryl methyl sites for hydroxylation is 1. The largest absolute Gasteiger partial charge is 0.370 e. The smallest absolute Gasteiger partial charge is 0.189 e. The van der Waals surface area contributed by atoms with E-state index in [2.05, 4.69) is 20.9 Å². The van der Waals surface area contributed by atoms with Crippen LogP contribution in [0.15, 0.2) is 23.3 Å². The summed E-state index contributed by atoms with van der Waals surface area (Å²) in [6, 6.07) is 4.62. The van der Waals surface area contributed by atoms with Crippen molar-refractivity contribution in [2.45, 2.75) is 51.1 Å². The molecule has 1 heterocycles. The molecule has 0 spiro atoms. The number of nitrogens with one attached hydrogen (secondary N) is 1. The summed E-state index contributed by atoms with van der Waals surface area (Å²) in [6.07, 6.45) is 9.81. The van der Waals surface area contributed by atoms with Gasteiger partial charge in [-0.2, -0.15) is 0 Å². The second-order valence-electron chi connectivity index (χ2n) is 5.14. The fraction of sp³-hybridized carbons (Fsp3) is 0.643. The number of hydrogen-bond donors (Lipinski definition) is 2. The van der Waals surface area contributed by atoms with Crippen molar-refractivity contribution >= 4 is 5.96 Å². The van der Waals surface area contributed by atoms with Gasteiger partial charge in [0.15, 0.2) is 5.96 Å². The van der Waals surface area contributed by atoms with E-state index in [4.69, 9.17) is 5.73 Å². The van der Waals surface area contributed by atoms with Crippen LogP contribution in [0.4, 0.5) is 0 Å². The minimum atomic E-state index is 0.518. The van der Waals surface area contributed by atoms with Gasteiger partial charge in [-0.05, 0) is 25.0 Å². The van der Waals surface area contributed by atoms with E-state index in [0.29, 0.717) is 18.5 Å². The van der Waals surface area contributed by atoms with Gasteiger partial charge >= 0.3 is 0 Å². The van der Waals surface area contributed by atoms with Crippen molar-refractivity contribution in [3.63, 3.8) is 0 Å². The Morgan fingerprint density at radius 2 is 2.11 bits per heavy atom. The van der Waals surface area contributed by atoms with Crippen LogP contribution >= 0.6 is 0 Å². The first-order chi connectivity index (χ1) is 8.75. The van der Waals surface area contributed by atoms with Crippen molar-refractivity contribution in [2.75, 3.05) is 0 Å². The molecule has 4 nitrogen and oxygen atoms in total. The van der Waals surface area contributed by atoms with Crippen LogP contribution in [-0.2, 0) is 13.6 Å². The average Bonchev–Trinajstić information content (AvgIpc) is 2.61. The average molecular weight is 248 g/mol. The maximum atomic E-state index is 5.95. The number of nitrogens with two attached hydrogens (primary N) is 1. The highest BCUT2D eigenvalue weighted by Crippen LogP contribution is 2.16. The molecule has 0 bridgehead atoms. The van der Waals surface area contributed by atoms with Crippen LogP contribution < -0.4 is 11.1 Å². The third-order valence-corrected chi connectivity index (χ3v) is 3.67. The summed E-state index contributed by atoms with van der Waals surface area (Å²) in [5.41, 5.74) is 7.13. The Morgan fingerprint density at radius 3 is 2.72 bits per heavy atom. The number of hydrogen-bond acceptors (Lipinski definition) is 1. The lowest BCUT2D eigenvalue weighted by atomic mass is 10.1. The van der Waals surface area contributed by atoms with Crippen LogP contribution in [0.3, 0.4) is 0 Å². The van der Waals surface area contributed by atoms with Gasteiger partial charge in [0.25, 0.3) is 0 Å². The normalized spacial score (nSPS) is 18.6. The van der Waals surface area contributed by atoms with Gasteiger partial charge in [-0.3, -0.25) is 0 Å². The number of guanidine groups is 1. The Balaban J connectivity index is 1.83. The second kappa shape index (κ2) is 6.47. The fourth-order valence-electron chi connectivity index (χ4n) is 2.51. The second-order valence-corrected chi connectivity index (χ2v) is 5.14. The molecule has 0 amide bonds. The Bertz CT molecular complexity index is 386. The lowest BCUT2D eigenvalue weighted by Crippen LogP contribution is -2.39. The minimum Gasteiger partial charge on any atom is -0.370 e. The van der Waals surface area contributed by atoms with Crippen LogP contribution in [0.1, 0.15) is 44.2 Å². The molecular weight excluding hydrogens is 224 g/mol. The van der Waals surface area contributed by atoms with E-state index >= 15 is 0 Å². The van der Waals surface area contributed by atoms with Gasteiger partial charge in [-0.25, -0.2) is 4.99 Å². The molecule has 4 heteroatoms. The monoisotopic (exact) mass is 248 g/mol. The van der Waals surface area contributed by atoms with Gasteiger partial charge in [0.1, 0.15) is 0 Å². The first-order valence-corrected chi connectivity index (χ1v) is 6.92. The van der Waals surface area contributed by atoms with E-state index in [1.807, 2.05) is 19.3 Å². The highest BCUT2D eigenvalue weighted by atomic mass is 15.1. The van der Waals surface area contributed by atoms with Gasteiger partial charge < -0.3 is 15.6 Å². The predicted molar refractivity (Wildman–Crippen MR) is 75.4 cm³/mol. The fourth-order valence-corrected chi connectivity index (χ4v) is 2.51. The van der Waals surface area contributed by atoms with Crippen LogP contribution in [0.2, 0.25) is 0 Å². The highest BCUT2D eigenvalue weighted by molar-refractivity contribution is 5.78. The zero-order valence-corrected chi connectivity index (χ0v) is 11.2. The molecule has 2 rings (SSSR count). The summed E-state index contributed by atoms with van der Waals surface area (Å²) in [5.74, 6) is 0.586. The molecule has 0 radical (unpaired) electrons. The maximum absolute atomic E-state index is 5.95. The molecule has 18 heavy (non-hydrogen) atoms. The lowest BCUT2D eigenvalue weighted by Gasteiger charge is -2.16.